The van der Waals surface area contributed by atoms with Gasteiger partial charge < -0.3 is 0 Å². The maximum atomic E-state index is 13.2. The zero-order valence-corrected chi connectivity index (χ0v) is 25.8. The van der Waals surface area contributed by atoms with Crippen molar-refractivity contribution < 1.29 is 17.2 Å². The van der Waals surface area contributed by atoms with Crippen LogP contribution in [0.5, 0.6) is 0 Å². The van der Waals surface area contributed by atoms with Gasteiger partial charge in [-0.1, -0.05) is 92.0 Å². The van der Waals surface area contributed by atoms with E-state index in [4.69, 9.17) is 20.2 Å². The van der Waals surface area contributed by atoms with Crippen molar-refractivity contribution in [3.63, 3.8) is 0 Å². The first-order valence-corrected chi connectivity index (χ1v) is 16.5. The predicted molar refractivity (Wildman–Crippen MR) is 165 cm³/mol. The minimum absolute atomic E-state index is 0.173. The SMILES string of the molecule is Cc1ccc(S(=O)(=O)N[C@H](C)[C@@H](O[S+](O)N=C(CC(C)C)C2(c3ccc(Cl)cc3)CCC2)c2ccccc2)cc1. The van der Waals surface area contributed by atoms with Crippen LogP contribution in [-0.2, 0) is 31.3 Å². The molecule has 0 amide bonds. The van der Waals surface area contributed by atoms with Crippen molar-refractivity contribution in [3.05, 3.63) is 101 Å². The Morgan fingerprint density at radius 2 is 1.65 bits per heavy atom. The molecule has 1 saturated carbocycles. The topological polar surface area (TPSA) is 88.0 Å². The van der Waals surface area contributed by atoms with Crippen molar-refractivity contribution in [2.75, 3.05) is 0 Å². The highest BCUT2D eigenvalue weighted by molar-refractivity contribution is 7.89. The summed E-state index contributed by atoms with van der Waals surface area (Å²) in [5, 5.41) is 0.679. The molecular weight excluding hydrogens is 564 g/mol. The summed E-state index contributed by atoms with van der Waals surface area (Å²) in [6, 6.07) is 23.2. The van der Waals surface area contributed by atoms with Gasteiger partial charge in [0.2, 0.25) is 10.0 Å². The first-order valence-electron chi connectivity index (χ1n) is 13.6. The molecular formula is C31H38ClN2O4S2+. The van der Waals surface area contributed by atoms with E-state index < -0.39 is 33.8 Å². The van der Waals surface area contributed by atoms with Crippen molar-refractivity contribution in [2.45, 2.75) is 75.8 Å². The molecule has 40 heavy (non-hydrogen) atoms. The normalized spacial score (nSPS) is 17.7. The van der Waals surface area contributed by atoms with E-state index in [9.17, 15) is 13.0 Å². The number of hydrogen-bond donors (Lipinski definition) is 2. The summed E-state index contributed by atoms with van der Waals surface area (Å²) < 4.78 is 51.3. The summed E-state index contributed by atoms with van der Waals surface area (Å²) in [5.74, 6) is 0.325. The van der Waals surface area contributed by atoms with Gasteiger partial charge in [-0.25, -0.2) is 13.1 Å². The third-order valence-electron chi connectivity index (χ3n) is 7.39. The molecule has 3 aromatic rings. The van der Waals surface area contributed by atoms with Gasteiger partial charge in [0, 0.05) is 14.8 Å². The number of nitrogens with one attached hydrogen (secondary N) is 1. The molecule has 6 nitrogen and oxygen atoms in total. The lowest BCUT2D eigenvalue weighted by atomic mass is 9.60. The molecule has 1 unspecified atom stereocenters. The molecule has 9 heteroatoms. The number of sulfonamides is 1. The predicted octanol–water partition coefficient (Wildman–Crippen LogP) is 7.60. The number of benzene rings is 3. The Kier molecular flexibility index (Phi) is 10.1. The van der Waals surface area contributed by atoms with Crippen molar-refractivity contribution in [2.24, 2.45) is 10.3 Å². The van der Waals surface area contributed by atoms with Gasteiger partial charge in [-0.3, -0.25) is 0 Å². The van der Waals surface area contributed by atoms with Crippen LogP contribution in [-0.4, -0.2) is 24.7 Å². The van der Waals surface area contributed by atoms with Crippen LogP contribution >= 0.6 is 11.6 Å². The van der Waals surface area contributed by atoms with Crippen molar-refractivity contribution in [1.29, 1.82) is 0 Å². The smallest absolute Gasteiger partial charge is 0.207 e. The molecule has 4 rings (SSSR count). The molecule has 0 saturated heterocycles. The second-order valence-corrected chi connectivity index (χ2v) is 13.9. The number of aryl methyl sites for hydroxylation is 1. The number of rotatable bonds is 12. The zero-order valence-electron chi connectivity index (χ0n) is 23.4. The Morgan fingerprint density at radius 3 is 2.20 bits per heavy atom. The molecule has 3 atom stereocenters. The van der Waals surface area contributed by atoms with E-state index in [1.807, 2.05) is 61.5 Å². The molecule has 1 aliphatic rings. The quantitative estimate of drug-likeness (QED) is 0.165. The molecule has 1 fully saturated rings. The summed E-state index contributed by atoms with van der Waals surface area (Å²) in [5.41, 5.74) is 3.48. The highest BCUT2D eigenvalue weighted by atomic mass is 35.5. The van der Waals surface area contributed by atoms with E-state index in [0.29, 0.717) is 17.4 Å². The van der Waals surface area contributed by atoms with Gasteiger partial charge in [0.15, 0.2) is 6.10 Å². The summed E-state index contributed by atoms with van der Waals surface area (Å²) in [4.78, 5) is 0.173. The van der Waals surface area contributed by atoms with Crippen LogP contribution in [0.15, 0.2) is 88.2 Å². The molecule has 214 valence electrons. The van der Waals surface area contributed by atoms with Crippen molar-refractivity contribution >= 4 is 39.0 Å². The average Bonchev–Trinajstić information content (AvgIpc) is 2.88. The van der Waals surface area contributed by atoms with Crippen LogP contribution in [0.25, 0.3) is 0 Å². The van der Waals surface area contributed by atoms with Crippen molar-refractivity contribution in [1.82, 2.24) is 4.72 Å². The van der Waals surface area contributed by atoms with Gasteiger partial charge in [-0.2, -0.15) is 0 Å². The van der Waals surface area contributed by atoms with E-state index in [0.717, 1.165) is 41.7 Å². The minimum Gasteiger partial charge on any atom is -0.207 e. The Bertz CT molecular complexity index is 1390. The van der Waals surface area contributed by atoms with E-state index in [1.54, 1.807) is 31.2 Å². The molecule has 0 aliphatic heterocycles. The highest BCUT2D eigenvalue weighted by Crippen LogP contribution is 2.47. The first-order chi connectivity index (χ1) is 19.0. The van der Waals surface area contributed by atoms with E-state index >= 15 is 0 Å². The van der Waals surface area contributed by atoms with E-state index in [2.05, 4.69) is 18.6 Å². The Morgan fingerprint density at radius 1 is 1.02 bits per heavy atom. The van der Waals surface area contributed by atoms with Gasteiger partial charge in [0.1, 0.15) is 0 Å². The second-order valence-electron chi connectivity index (χ2n) is 11.0. The van der Waals surface area contributed by atoms with Gasteiger partial charge in [0.25, 0.3) is 0 Å². The van der Waals surface area contributed by atoms with Crippen LogP contribution < -0.4 is 4.72 Å². The molecule has 0 bridgehead atoms. The molecule has 1 aliphatic carbocycles. The van der Waals surface area contributed by atoms with Crippen LogP contribution in [0.2, 0.25) is 5.02 Å². The summed E-state index contributed by atoms with van der Waals surface area (Å²) in [7, 11) is -3.82. The second kappa shape index (κ2) is 13.2. The lowest BCUT2D eigenvalue weighted by Crippen LogP contribution is -2.44. The third-order valence-corrected chi connectivity index (χ3v) is 9.97. The van der Waals surface area contributed by atoms with Gasteiger partial charge in [0.05, 0.1) is 16.6 Å². The maximum absolute atomic E-state index is 13.2. The van der Waals surface area contributed by atoms with E-state index in [-0.39, 0.29) is 10.3 Å². The fourth-order valence-corrected chi connectivity index (χ4v) is 7.43. The third kappa shape index (κ3) is 7.35. The van der Waals surface area contributed by atoms with Crippen LogP contribution in [0.1, 0.15) is 69.2 Å². The largest absolute Gasteiger partial charge is 0.476 e. The number of halogens is 1. The molecule has 0 radical (unpaired) electrons. The standard InChI is InChI=1S/C31H38ClN2O4S2/c1-22(2)21-29(31(19-8-20-31)26-13-15-27(32)16-14-26)33-39(35)38-30(25-9-6-5-7-10-25)24(4)34-40(36,37)28-17-11-23(3)12-18-28/h5-7,9-18,22,24,30,34-35H,8,19-21H2,1-4H3/q+1/t24-,30-,39?/m1/s1. The van der Waals surface area contributed by atoms with Crippen LogP contribution in [0.4, 0.5) is 0 Å². The summed E-state index contributed by atoms with van der Waals surface area (Å²) in [6.45, 7) is 7.91. The Hall–Kier alpha value is -2.20. The Balaban J connectivity index is 1.63. The zero-order chi connectivity index (χ0) is 28.9. The number of hydrogen-bond acceptors (Lipinski definition) is 5. The van der Waals surface area contributed by atoms with Gasteiger partial charge in [-0.15, -0.1) is 8.74 Å². The Labute approximate surface area is 246 Å². The first kappa shape index (κ1) is 30.8. The van der Waals surface area contributed by atoms with Crippen LogP contribution in [0, 0.1) is 12.8 Å². The molecule has 0 spiro atoms. The molecule has 0 aromatic heterocycles. The lowest BCUT2D eigenvalue weighted by molar-refractivity contribution is 0.183. The average molecular weight is 602 g/mol. The molecule has 0 heterocycles. The van der Waals surface area contributed by atoms with Crippen molar-refractivity contribution in [3.8, 4) is 0 Å². The number of nitrogens with zero attached hydrogens (tertiary/aromatic N) is 1. The highest BCUT2D eigenvalue weighted by Gasteiger charge is 2.46. The van der Waals surface area contributed by atoms with E-state index in [1.165, 1.54) is 0 Å². The minimum atomic E-state index is -3.82. The van der Waals surface area contributed by atoms with Crippen LogP contribution in [0.3, 0.4) is 0 Å². The summed E-state index contributed by atoms with van der Waals surface area (Å²) >= 11 is 4.36. The molecule has 2 N–H and O–H groups in total. The van der Waals surface area contributed by atoms with Gasteiger partial charge in [-0.05, 0) is 74.4 Å². The maximum Gasteiger partial charge on any atom is 0.476 e. The molecule has 3 aromatic carbocycles. The fraction of sp³-hybridized carbons (Fsp3) is 0.387. The lowest BCUT2D eigenvalue weighted by Gasteiger charge is -2.43. The monoisotopic (exact) mass is 601 g/mol. The van der Waals surface area contributed by atoms with Gasteiger partial charge >= 0.3 is 11.6 Å². The fourth-order valence-electron chi connectivity index (χ4n) is 5.12. The summed E-state index contributed by atoms with van der Waals surface area (Å²) in [6.07, 6.45) is 2.89.